The van der Waals surface area contributed by atoms with Crippen LogP contribution >= 0.6 is 11.8 Å². The standard InChI is InChI=1S/C41H37FN2O4S/c1-26-22-34-38(48-25-32-17-14-30(23-43-32)29-8-4-3-5-9-29)19-18-35-39(34)40(49-26)36(44(35)24-28-12-15-31(42)16-13-28)20-21-47-37-11-7-6-10-33(37)27(2)41(45)46/h3-19,23,26-27H,20-22,24-25H2,1-2H3,(H,45,46). The van der Waals surface area contributed by atoms with E-state index in [1.807, 2.05) is 78.6 Å². The largest absolute Gasteiger partial charge is 0.493 e. The average Bonchev–Trinajstić information content (AvgIpc) is 3.41. The van der Waals surface area contributed by atoms with E-state index in [0.29, 0.717) is 42.7 Å². The number of carbonyl (C=O) groups is 1. The van der Waals surface area contributed by atoms with Crippen molar-refractivity contribution in [2.24, 2.45) is 0 Å². The summed E-state index contributed by atoms with van der Waals surface area (Å²) in [7, 11) is 0. The molecule has 2 unspecified atom stereocenters. The number of ether oxygens (including phenoxy) is 2. The molecule has 0 bridgehead atoms. The summed E-state index contributed by atoms with van der Waals surface area (Å²) in [6.07, 6.45) is 3.36. The van der Waals surface area contributed by atoms with Crippen molar-refractivity contribution in [2.75, 3.05) is 6.61 Å². The number of aliphatic carboxylic acids is 1. The summed E-state index contributed by atoms with van der Waals surface area (Å²) in [5.74, 6) is -0.407. The molecule has 1 aliphatic rings. The number of carboxylic acids is 1. The van der Waals surface area contributed by atoms with Crippen LogP contribution < -0.4 is 9.47 Å². The number of hydrogen-bond acceptors (Lipinski definition) is 5. The first-order valence-corrected chi connectivity index (χ1v) is 17.4. The quantitative estimate of drug-likeness (QED) is 0.140. The van der Waals surface area contributed by atoms with Gasteiger partial charge in [-0.15, -0.1) is 11.8 Å². The molecule has 4 aromatic carbocycles. The predicted molar refractivity (Wildman–Crippen MR) is 192 cm³/mol. The number of aromatic nitrogens is 2. The fourth-order valence-corrected chi connectivity index (χ4v) is 7.87. The van der Waals surface area contributed by atoms with Gasteiger partial charge >= 0.3 is 5.97 Å². The number of benzene rings is 4. The Labute approximate surface area is 289 Å². The number of nitrogens with zero attached hydrogens (tertiary/aromatic N) is 2. The Morgan fingerprint density at radius 3 is 2.47 bits per heavy atom. The fourth-order valence-electron chi connectivity index (χ4n) is 6.53. The van der Waals surface area contributed by atoms with E-state index in [0.717, 1.165) is 45.8 Å². The van der Waals surface area contributed by atoms with Crippen molar-refractivity contribution in [1.82, 2.24) is 9.55 Å². The highest BCUT2D eigenvalue weighted by Gasteiger charge is 2.29. The van der Waals surface area contributed by atoms with Crippen LogP contribution in [0.2, 0.25) is 0 Å². The highest BCUT2D eigenvalue weighted by molar-refractivity contribution is 8.00. The molecule has 6 aromatic rings. The van der Waals surface area contributed by atoms with Crippen LogP contribution in [0.1, 0.15) is 47.8 Å². The van der Waals surface area contributed by atoms with E-state index in [2.05, 4.69) is 46.8 Å². The molecule has 0 radical (unpaired) electrons. The van der Waals surface area contributed by atoms with Gasteiger partial charge in [-0.25, -0.2) is 4.39 Å². The lowest BCUT2D eigenvalue weighted by atomic mass is 10.0. The summed E-state index contributed by atoms with van der Waals surface area (Å²) >= 11 is 1.86. The summed E-state index contributed by atoms with van der Waals surface area (Å²) in [6.45, 7) is 5.21. The first kappa shape index (κ1) is 32.5. The molecule has 0 fully saturated rings. The number of carboxylic acid groups (broad SMARTS) is 1. The van der Waals surface area contributed by atoms with Gasteiger partial charge in [-0.1, -0.05) is 73.7 Å². The van der Waals surface area contributed by atoms with E-state index in [1.165, 1.54) is 28.0 Å². The molecule has 0 saturated carbocycles. The lowest BCUT2D eigenvalue weighted by molar-refractivity contribution is -0.138. The van der Waals surface area contributed by atoms with Gasteiger partial charge in [-0.3, -0.25) is 9.78 Å². The Balaban J connectivity index is 1.20. The molecule has 49 heavy (non-hydrogen) atoms. The lowest BCUT2D eigenvalue weighted by Gasteiger charge is -2.22. The van der Waals surface area contributed by atoms with Crippen molar-refractivity contribution < 1.29 is 23.8 Å². The van der Waals surface area contributed by atoms with Crippen LogP contribution in [0, 0.1) is 5.82 Å². The van der Waals surface area contributed by atoms with Crippen LogP contribution in [-0.4, -0.2) is 32.5 Å². The number of pyridine rings is 1. The molecule has 8 heteroatoms. The molecule has 1 N–H and O–H groups in total. The van der Waals surface area contributed by atoms with E-state index in [9.17, 15) is 14.3 Å². The molecule has 7 rings (SSSR count). The molecule has 3 heterocycles. The molecular weight excluding hydrogens is 636 g/mol. The van der Waals surface area contributed by atoms with E-state index < -0.39 is 11.9 Å². The van der Waals surface area contributed by atoms with Crippen molar-refractivity contribution in [2.45, 2.75) is 55.9 Å². The number of halogens is 1. The van der Waals surface area contributed by atoms with Gasteiger partial charge in [0.25, 0.3) is 0 Å². The van der Waals surface area contributed by atoms with Crippen molar-refractivity contribution in [1.29, 1.82) is 0 Å². The normalized spacial score (nSPS) is 14.5. The molecular formula is C41H37FN2O4S. The Morgan fingerprint density at radius 2 is 1.71 bits per heavy atom. The van der Waals surface area contributed by atoms with E-state index in [1.54, 1.807) is 6.92 Å². The van der Waals surface area contributed by atoms with Crippen molar-refractivity contribution >= 4 is 28.6 Å². The third kappa shape index (κ3) is 6.92. The summed E-state index contributed by atoms with van der Waals surface area (Å²) in [5, 5.41) is 11.2. The maximum Gasteiger partial charge on any atom is 0.310 e. The van der Waals surface area contributed by atoms with Gasteiger partial charge < -0.3 is 19.1 Å². The van der Waals surface area contributed by atoms with Gasteiger partial charge in [0, 0.05) is 57.1 Å². The number of para-hydroxylation sites is 1. The molecule has 0 saturated heterocycles. The first-order valence-electron chi connectivity index (χ1n) is 16.5. The molecule has 0 amide bonds. The van der Waals surface area contributed by atoms with Crippen LogP contribution in [0.5, 0.6) is 11.5 Å². The minimum absolute atomic E-state index is 0.264. The van der Waals surface area contributed by atoms with Gasteiger partial charge in [0.2, 0.25) is 0 Å². The Bertz CT molecular complexity index is 2100. The minimum atomic E-state index is -0.893. The molecule has 1 aliphatic heterocycles. The zero-order valence-corrected chi connectivity index (χ0v) is 28.3. The van der Waals surface area contributed by atoms with E-state index in [-0.39, 0.29) is 5.82 Å². The highest BCUT2D eigenvalue weighted by atomic mass is 32.2. The maximum atomic E-state index is 13.8. The van der Waals surface area contributed by atoms with Gasteiger partial charge in [-0.2, -0.15) is 0 Å². The summed E-state index contributed by atoms with van der Waals surface area (Å²) < 4.78 is 28.9. The van der Waals surface area contributed by atoms with Crippen LogP contribution in [0.15, 0.2) is 114 Å². The number of hydrogen-bond donors (Lipinski definition) is 1. The van der Waals surface area contributed by atoms with Crippen LogP contribution in [0.3, 0.4) is 0 Å². The first-order chi connectivity index (χ1) is 23.9. The SMILES string of the molecule is CC1Cc2c(OCc3ccc(-c4ccccc4)cn3)ccc3c2c(c(CCOc2ccccc2C(C)C(=O)O)n3Cc2ccc(F)cc2)S1. The van der Waals surface area contributed by atoms with Gasteiger partial charge in [-0.05, 0) is 60.9 Å². The van der Waals surface area contributed by atoms with Gasteiger partial charge in [0.05, 0.1) is 23.7 Å². The molecule has 248 valence electrons. The second kappa shape index (κ2) is 14.2. The molecule has 0 spiro atoms. The third-order valence-corrected chi connectivity index (χ3v) is 10.3. The second-order valence-electron chi connectivity index (χ2n) is 12.4. The van der Waals surface area contributed by atoms with Crippen LogP contribution in [0.4, 0.5) is 4.39 Å². The summed E-state index contributed by atoms with van der Waals surface area (Å²) in [5.41, 5.74) is 8.11. The molecule has 6 nitrogen and oxygen atoms in total. The van der Waals surface area contributed by atoms with Crippen molar-refractivity contribution in [3.8, 4) is 22.6 Å². The number of thioether (sulfide) groups is 1. The minimum Gasteiger partial charge on any atom is -0.493 e. The predicted octanol–water partition coefficient (Wildman–Crippen LogP) is 9.32. The molecule has 2 aromatic heterocycles. The smallest absolute Gasteiger partial charge is 0.310 e. The van der Waals surface area contributed by atoms with Crippen LogP contribution in [0.25, 0.3) is 22.0 Å². The number of rotatable bonds is 12. The fraction of sp³-hybridized carbons (Fsp3) is 0.220. The Morgan fingerprint density at radius 1 is 0.939 bits per heavy atom. The van der Waals surface area contributed by atoms with Crippen LogP contribution in [-0.2, 0) is 30.8 Å². The van der Waals surface area contributed by atoms with Crippen molar-refractivity contribution in [3.63, 3.8) is 0 Å². The Kier molecular flexibility index (Phi) is 9.40. The summed E-state index contributed by atoms with van der Waals surface area (Å²) in [6, 6.07) is 32.5. The molecule has 0 aliphatic carbocycles. The Hall–Kier alpha value is -5.08. The zero-order chi connectivity index (χ0) is 33.9. The van der Waals surface area contributed by atoms with Gasteiger partial charge in [0.15, 0.2) is 0 Å². The van der Waals surface area contributed by atoms with Crippen molar-refractivity contribution in [3.05, 3.63) is 143 Å². The van der Waals surface area contributed by atoms with E-state index >= 15 is 0 Å². The van der Waals surface area contributed by atoms with Gasteiger partial charge in [0.1, 0.15) is 23.9 Å². The second-order valence-corrected chi connectivity index (χ2v) is 13.9. The molecule has 2 atom stereocenters. The zero-order valence-electron chi connectivity index (χ0n) is 27.4. The highest BCUT2D eigenvalue weighted by Crippen LogP contribution is 2.47. The summed E-state index contributed by atoms with van der Waals surface area (Å²) in [4.78, 5) is 17.7. The third-order valence-electron chi connectivity index (χ3n) is 9.08. The topological polar surface area (TPSA) is 73.6 Å². The monoisotopic (exact) mass is 672 g/mol. The average molecular weight is 673 g/mol. The maximum absolute atomic E-state index is 13.8. The van der Waals surface area contributed by atoms with E-state index in [4.69, 9.17) is 9.47 Å². The lowest BCUT2D eigenvalue weighted by Crippen LogP contribution is -2.13.